The lowest BCUT2D eigenvalue weighted by molar-refractivity contribution is 0.0940. The number of nitrogens with one attached hydrogen (secondary N) is 2. The van der Waals surface area contributed by atoms with Gasteiger partial charge in [0.25, 0.3) is 5.91 Å². The maximum atomic E-state index is 13.0. The highest BCUT2D eigenvalue weighted by molar-refractivity contribution is 6.06. The fourth-order valence-electron chi connectivity index (χ4n) is 4.95. The number of methoxy groups -OCH3 is 1. The maximum Gasteiger partial charge on any atom is 0.251 e. The second-order valence-corrected chi connectivity index (χ2v) is 9.88. The molecule has 0 radical (unpaired) electrons. The number of aliphatic imine (C=N–C) groups is 1. The Morgan fingerprint density at radius 2 is 1.89 bits per heavy atom. The highest BCUT2D eigenvalue weighted by Gasteiger charge is 2.16. The molecule has 0 spiro atoms. The Hall–Kier alpha value is -4.10. The van der Waals surface area contributed by atoms with E-state index < -0.39 is 0 Å². The van der Waals surface area contributed by atoms with E-state index in [0.717, 1.165) is 34.4 Å². The molecule has 0 aliphatic carbocycles. The molecule has 5 rings (SSSR count). The number of benzene rings is 3. The van der Waals surface area contributed by atoms with Gasteiger partial charge < -0.3 is 20.1 Å². The molecule has 1 unspecified atom stereocenters. The normalized spacial score (nSPS) is 15.1. The molecule has 4 aromatic rings. The van der Waals surface area contributed by atoms with Crippen molar-refractivity contribution in [1.82, 2.24) is 15.2 Å². The van der Waals surface area contributed by atoms with Crippen LogP contribution in [0.5, 0.6) is 11.6 Å². The van der Waals surface area contributed by atoms with Crippen molar-refractivity contribution in [1.29, 1.82) is 0 Å². The number of likely N-dealkylation sites (tertiary alicyclic amines) is 1. The SMILES string of the molecule is COc1cccc(C(C)NC(=O)c2ccc3[nH]c(O)c(C=Nc4ccc(CN5CCCCC5)cc4)c3c2)c1. The van der Waals surface area contributed by atoms with Gasteiger partial charge in [-0.15, -0.1) is 0 Å². The first kappa shape index (κ1) is 25.5. The number of rotatable bonds is 8. The number of aromatic amines is 1. The van der Waals surface area contributed by atoms with Crippen molar-refractivity contribution in [2.75, 3.05) is 20.2 Å². The van der Waals surface area contributed by atoms with Crippen LogP contribution in [0.25, 0.3) is 10.9 Å². The van der Waals surface area contributed by atoms with Crippen LogP contribution in [0.1, 0.15) is 59.3 Å². The maximum absolute atomic E-state index is 13.0. The van der Waals surface area contributed by atoms with E-state index in [0.29, 0.717) is 11.1 Å². The van der Waals surface area contributed by atoms with E-state index in [1.54, 1.807) is 31.5 Å². The fraction of sp³-hybridized carbons (Fsp3) is 0.290. The number of piperidine rings is 1. The van der Waals surface area contributed by atoms with Crippen LogP contribution in [0, 0.1) is 0 Å². The first-order valence-electron chi connectivity index (χ1n) is 13.1. The molecule has 3 N–H and O–H groups in total. The standard InChI is InChI=1S/C31H34N4O3/c1-21(23-7-6-8-26(17-23)38-2)33-30(36)24-11-14-29-27(18-24)28(31(37)34-29)19-32-25-12-9-22(10-13-25)20-35-15-4-3-5-16-35/h6-14,17-19,21,34,37H,3-5,15-16,20H2,1-2H3,(H,33,36). The van der Waals surface area contributed by atoms with Gasteiger partial charge in [0.05, 0.1) is 24.4 Å². The summed E-state index contributed by atoms with van der Waals surface area (Å²) in [6.07, 6.45) is 5.54. The van der Waals surface area contributed by atoms with Crippen LogP contribution in [-0.4, -0.2) is 47.3 Å². The minimum absolute atomic E-state index is 0.0211. The molecule has 3 aromatic carbocycles. The molecule has 7 heteroatoms. The summed E-state index contributed by atoms with van der Waals surface area (Å²) in [6.45, 7) is 5.23. The Morgan fingerprint density at radius 1 is 1.11 bits per heavy atom. The smallest absolute Gasteiger partial charge is 0.251 e. The van der Waals surface area contributed by atoms with Gasteiger partial charge >= 0.3 is 0 Å². The summed E-state index contributed by atoms with van der Waals surface area (Å²) in [6, 6.07) is 21.0. The van der Waals surface area contributed by atoms with Crippen molar-refractivity contribution in [3.8, 4) is 11.6 Å². The average Bonchev–Trinajstić information content (AvgIpc) is 3.27. The topological polar surface area (TPSA) is 89.9 Å². The first-order chi connectivity index (χ1) is 18.5. The second-order valence-electron chi connectivity index (χ2n) is 9.88. The summed E-state index contributed by atoms with van der Waals surface area (Å²) in [5, 5.41) is 14.3. The van der Waals surface area contributed by atoms with Crippen molar-refractivity contribution < 1.29 is 14.6 Å². The molecule has 1 amide bonds. The molecule has 1 saturated heterocycles. The zero-order chi connectivity index (χ0) is 26.5. The van der Waals surface area contributed by atoms with Gasteiger partial charge in [0, 0.05) is 29.2 Å². The molecule has 0 bridgehead atoms. The number of hydrogen-bond acceptors (Lipinski definition) is 5. The van der Waals surface area contributed by atoms with Gasteiger partial charge in [-0.1, -0.05) is 30.7 Å². The van der Waals surface area contributed by atoms with Crippen LogP contribution < -0.4 is 10.1 Å². The van der Waals surface area contributed by atoms with Gasteiger partial charge in [-0.3, -0.25) is 14.7 Å². The number of carbonyl (C=O) groups excluding carboxylic acids is 1. The largest absolute Gasteiger partial charge is 0.497 e. The minimum atomic E-state index is -0.202. The Kier molecular flexibility index (Phi) is 7.75. The number of amides is 1. The third-order valence-corrected chi connectivity index (χ3v) is 7.16. The van der Waals surface area contributed by atoms with Crippen molar-refractivity contribution >= 4 is 28.7 Å². The number of aromatic nitrogens is 1. The molecule has 1 aliphatic rings. The summed E-state index contributed by atoms with van der Waals surface area (Å²) in [7, 11) is 1.62. The van der Waals surface area contributed by atoms with Gasteiger partial charge in [-0.05, 0) is 86.4 Å². The molecule has 2 heterocycles. The van der Waals surface area contributed by atoms with Gasteiger partial charge in [0.1, 0.15) is 5.75 Å². The van der Waals surface area contributed by atoms with Crippen LogP contribution in [0.3, 0.4) is 0 Å². The van der Waals surface area contributed by atoms with Gasteiger partial charge in [0.15, 0.2) is 5.88 Å². The summed E-state index contributed by atoms with van der Waals surface area (Å²) < 4.78 is 5.30. The lowest BCUT2D eigenvalue weighted by atomic mass is 10.1. The van der Waals surface area contributed by atoms with Crippen LogP contribution in [-0.2, 0) is 6.54 Å². The molecule has 196 valence electrons. The number of aromatic hydroxyl groups is 1. The van der Waals surface area contributed by atoms with Crippen molar-refractivity contribution in [2.45, 2.75) is 38.8 Å². The van der Waals surface area contributed by atoms with Crippen LogP contribution in [0.2, 0.25) is 0 Å². The van der Waals surface area contributed by atoms with E-state index in [4.69, 9.17) is 4.74 Å². The zero-order valence-corrected chi connectivity index (χ0v) is 21.9. The summed E-state index contributed by atoms with van der Waals surface area (Å²) in [4.78, 5) is 23.1. The van der Waals surface area contributed by atoms with Crippen LogP contribution in [0.15, 0.2) is 71.7 Å². The molecule has 0 saturated carbocycles. The third kappa shape index (κ3) is 5.89. The summed E-state index contributed by atoms with van der Waals surface area (Å²) in [5.41, 5.74) is 4.82. The molecule has 1 fully saturated rings. The number of carbonyl (C=O) groups is 1. The molecular formula is C31H34N4O3. The molecule has 1 aliphatic heterocycles. The van der Waals surface area contributed by atoms with Gasteiger partial charge in [0.2, 0.25) is 0 Å². The molecule has 1 atom stereocenters. The van der Waals surface area contributed by atoms with Crippen molar-refractivity contribution in [3.63, 3.8) is 0 Å². The van der Waals surface area contributed by atoms with Gasteiger partial charge in [-0.2, -0.15) is 0 Å². The number of H-pyrrole nitrogens is 1. The highest BCUT2D eigenvalue weighted by Crippen LogP contribution is 2.28. The average molecular weight is 511 g/mol. The number of nitrogens with zero attached hydrogens (tertiary/aromatic N) is 2. The Bertz CT molecular complexity index is 1440. The van der Waals surface area contributed by atoms with Crippen LogP contribution in [0.4, 0.5) is 5.69 Å². The molecule has 1 aromatic heterocycles. The van der Waals surface area contributed by atoms with E-state index in [1.807, 2.05) is 43.3 Å². The van der Waals surface area contributed by atoms with E-state index in [2.05, 4.69) is 32.3 Å². The van der Waals surface area contributed by atoms with Crippen molar-refractivity contribution in [3.05, 3.63) is 89.0 Å². The van der Waals surface area contributed by atoms with E-state index in [9.17, 15) is 9.90 Å². The molecule has 7 nitrogen and oxygen atoms in total. The van der Waals surface area contributed by atoms with E-state index in [-0.39, 0.29) is 17.8 Å². The zero-order valence-electron chi connectivity index (χ0n) is 21.9. The molecular weight excluding hydrogens is 476 g/mol. The Balaban J connectivity index is 1.30. The predicted molar refractivity (Wildman–Crippen MR) is 152 cm³/mol. The lowest BCUT2D eigenvalue weighted by Gasteiger charge is -2.26. The number of ether oxygens (including phenoxy) is 1. The Morgan fingerprint density at radius 3 is 2.66 bits per heavy atom. The van der Waals surface area contributed by atoms with Crippen LogP contribution >= 0.6 is 0 Å². The Labute approximate surface area is 223 Å². The third-order valence-electron chi connectivity index (χ3n) is 7.16. The molecule has 38 heavy (non-hydrogen) atoms. The number of fused-ring (bicyclic) bond motifs is 1. The lowest BCUT2D eigenvalue weighted by Crippen LogP contribution is -2.28. The van der Waals surface area contributed by atoms with E-state index in [1.165, 1.54) is 37.9 Å². The van der Waals surface area contributed by atoms with Gasteiger partial charge in [-0.25, -0.2) is 0 Å². The predicted octanol–water partition coefficient (Wildman–Crippen LogP) is 6.11. The first-order valence-corrected chi connectivity index (χ1v) is 13.1. The van der Waals surface area contributed by atoms with E-state index >= 15 is 0 Å². The van der Waals surface area contributed by atoms with Crippen molar-refractivity contribution in [2.24, 2.45) is 4.99 Å². The highest BCUT2D eigenvalue weighted by atomic mass is 16.5. The fourth-order valence-corrected chi connectivity index (χ4v) is 4.95. The quantitative estimate of drug-likeness (QED) is 0.250. The second kappa shape index (κ2) is 11.5. The number of hydrogen-bond donors (Lipinski definition) is 3. The summed E-state index contributed by atoms with van der Waals surface area (Å²) >= 11 is 0. The monoisotopic (exact) mass is 510 g/mol. The minimum Gasteiger partial charge on any atom is -0.497 e. The summed E-state index contributed by atoms with van der Waals surface area (Å²) in [5.74, 6) is 0.566.